The number of hydrogen-bond acceptors (Lipinski definition) is 4. The highest BCUT2D eigenvalue weighted by molar-refractivity contribution is 7.99. The van der Waals surface area contributed by atoms with E-state index < -0.39 is 5.82 Å². The highest BCUT2D eigenvalue weighted by atomic mass is 32.2. The maximum Gasteiger partial charge on any atom is 0.255 e. The topological polar surface area (TPSA) is 54.0 Å². The third-order valence-corrected chi connectivity index (χ3v) is 4.92. The smallest absolute Gasteiger partial charge is 0.255 e. The molecule has 1 aromatic heterocycles. The van der Waals surface area contributed by atoms with Gasteiger partial charge in [0.05, 0.1) is 11.8 Å². The molecule has 1 aliphatic rings. The maximum atomic E-state index is 13.4. The molecule has 0 atom stereocenters. The van der Waals surface area contributed by atoms with E-state index in [0.717, 1.165) is 31.9 Å². The number of amides is 1. The van der Waals surface area contributed by atoms with Crippen LogP contribution in [0.4, 0.5) is 10.2 Å². The molecule has 6 heteroatoms. The van der Waals surface area contributed by atoms with Gasteiger partial charge in [0, 0.05) is 17.8 Å². The Kier molecular flexibility index (Phi) is 5.85. The molecule has 0 saturated heterocycles. The van der Waals surface area contributed by atoms with Crippen LogP contribution in [0.25, 0.3) is 0 Å². The SMILES string of the molecule is CCNc1ncc(F)cc1C(=O)NC1CCC(SC)CC1. The summed E-state index contributed by atoms with van der Waals surface area (Å²) in [7, 11) is 0. The van der Waals surface area contributed by atoms with E-state index in [1.807, 2.05) is 18.7 Å². The monoisotopic (exact) mass is 311 g/mol. The van der Waals surface area contributed by atoms with E-state index in [1.165, 1.54) is 6.07 Å². The Hall–Kier alpha value is -1.30. The van der Waals surface area contributed by atoms with Crippen LogP contribution < -0.4 is 10.6 Å². The lowest BCUT2D eigenvalue weighted by atomic mass is 9.94. The van der Waals surface area contributed by atoms with Crippen molar-refractivity contribution in [2.45, 2.75) is 43.9 Å². The highest BCUT2D eigenvalue weighted by Crippen LogP contribution is 2.27. The van der Waals surface area contributed by atoms with Crippen LogP contribution in [0.2, 0.25) is 0 Å². The van der Waals surface area contributed by atoms with Gasteiger partial charge < -0.3 is 10.6 Å². The second-order valence-electron chi connectivity index (χ2n) is 5.26. The van der Waals surface area contributed by atoms with Gasteiger partial charge in [-0.25, -0.2) is 9.37 Å². The molecule has 4 nitrogen and oxygen atoms in total. The molecule has 0 unspecified atom stereocenters. The number of pyridine rings is 1. The molecule has 0 aromatic carbocycles. The number of aromatic nitrogens is 1. The summed E-state index contributed by atoms with van der Waals surface area (Å²) in [6, 6.07) is 1.42. The molecule has 0 spiro atoms. The summed E-state index contributed by atoms with van der Waals surface area (Å²) in [5.41, 5.74) is 0.281. The van der Waals surface area contributed by atoms with Crippen molar-refractivity contribution in [2.24, 2.45) is 0 Å². The van der Waals surface area contributed by atoms with Crippen LogP contribution >= 0.6 is 11.8 Å². The fraction of sp³-hybridized carbons (Fsp3) is 0.600. The van der Waals surface area contributed by atoms with Crippen molar-refractivity contribution in [1.82, 2.24) is 10.3 Å². The molecule has 1 aliphatic carbocycles. The van der Waals surface area contributed by atoms with Crippen LogP contribution in [0.3, 0.4) is 0 Å². The standard InChI is InChI=1S/C15H22FN3OS/c1-3-17-14-13(8-10(16)9-18-14)15(20)19-11-4-6-12(21-2)7-5-11/h8-9,11-12H,3-7H2,1-2H3,(H,17,18)(H,19,20). The molecule has 1 saturated carbocycles. The highest BCUT2D eigenvalue weighted by Gasteiger charge is 2.23. The molecular formula is C15H22FN3OS. The molecule has 0 aliphatic heterocycles. The van der Waals surface area contributed by atoms with Gasteiger partial charge >= 0.3 is 0 Å². The molecule has 1 fully saturated rings. The van der Waals surface area contributed by atoms with Gasteiger partial charge in [0.25, 0.3) is 5.91 Å². The molecule has 1 amide bonds. The molecule has 21 heavy (non-hydrogen) atoms. The molecule has 1 aromatic rings. The van der Waals surface area contributed by atoms with Gasteiger partial charge in [0.2, 0.25) is 0 Å². The summed E-state index contributed by atoms with van der Waals surface area (Å²) >= 11 is 1.89. The van der Waals surface area contributed by atoms with Gasteiger partial charge in [-0.15, -0.1) is 0 Å². The quantitative estimate of drug-likeness (QED) is 0.877. The van der Waals surface area contributed by atoms with Crippen molar-refractivity contribution in [1.29, 1.82) is 0 Å². The average molecular weight is 311 g/mol. The summed E-state index contributed by atoms with van der Waals surface area (Å²) in [6.45, 7) is 2.55. The Labute approximate surface area is 129 Å². The van der Waals surface area contributed by atoms with E-state index >= 15 is 0 Å². The molecular weight excluding hydrogens is 289 g/mol. The van der Waals surface area contributed by atoms with Gasteiger partial charge in [-0.05, 0) is 44.9 Å². The number of carbonyl (C=O) groups is 1. The van der Waals surface area contributed by atoms with Gasteiger partial charge in [0.1, 0.15) is 11.6 Å². The van der Waals surface area contributed by atoms with Crippen molar-refractivity contribution < 1.29 is 9.18 Å². The summed E-state index contributed by atoms with van der Waals surface area (Å²) in [4.78, 5) is 16.3. The Bertz CT molecular complexity index is 490. The molecule has 116 valence electrons. The zero-order valence-corrected chi connectivity index (χ0v) is 13.3. The fourth-order valence-corrected chi connectivity index (χ4v) is 3.37. The van der Waals surface area contributed by atoms with E-state index in [2.05, 4.69) is 21.9 Å². The van der Waals surface area contributed by atoms with Crippen LogP contribution in [0.5, 0.6) is 0 Å². The molecule has 1 heterocycles. The normalized spacial score (nSPS) is 21.9. The number of nitrogens with zero attached hydrogens (tertiary/aromatic N) is 1. The summed E-state index contributed by atoms with van der Waals surface area (Å²) in [5.74, 6) is -0.298. The van der Waals surface area contributed by atoms with Crippen LogP contribution in [0, 0.1) is 5.82 Å². The average Bonchev–Trinajstić information content (AvgIpc) is 2.50. The van der Waals surface area contributed by atoms with Gasteiger partial charge in [-0.2, -0.15) is 11.8 Å². The number of anilines is 1. The fourth-order valence-electron chi connectivity index (χ4n) is 2.63. The molecule has 2 N–H and O–H groups in total. The van der Waals surface area contributed by atoms with Crippen LogP contribution in [0.1, 0.15) is 43.0 Å². The van der Waals surface area contributed by atoms with Gasteiger partial charge in [0.15, 0.2) is 0 Å². The minimum absolute atomic E-state index is 0.179. The summed E-state index contributed by atoms with van der Waals surface area (Å²) in [6.07, 6.45) is 7.46. The predicted octanol–water partition coefficient (Wildman–Crippen LogP) is 3.06. The maximum absolute atomic E-state index is 13.4. The van der Waals surface area contributed by atoms with E-state index in [4.69, 9.17) is 0 Å². The third kappa shape index (κ3) is 4.33. The number of thioether (sulfide) groups is 1. The van der Waals surface area contributed by atoms with Crippen LogP contribution in [0.15, 0.2) is 12.3 Å². The number of hydrogen-bond donors (Lipinski definition) is 2. The Morgan fingerprint density at radius 1 is 1.43 bits per heavy atom. The lowest BCUT2D eigenvalue weighted by Crippen LogP contribution is -2.38. The first-order chi connectivity index (χ1) is 10.1. The second-order valence-corrected chi connectivity index (χ2v) is 6.40. The first-order valence-corrected chi connectivity index (χ1v) is 8.66. The molecule has 2 rings (SSSR count). The number of rotatable bonds is 5. The Morgan fingerprint density at radius 3 is 2.76 bits per heavy atom. The van der Waals surface area contributed by atoms with Crippen molar-refractivity contribution in [3.05, 3.63) is 23.6 Å². The summed E-state index contributed by atoms with van der Waals surface area (Å²) < 4.78 is 13.4. The first-order valence-electron chi connectivity index (χ1n) is 7.37. The number of carbonyl (C=O) groups excluding carboxylic acids is 1. The predicted molar refractivity (Wildman–Crippen MR) is 85.4 cm³/mol. The lowest BCUT2D eigenvalue weighted by Gasteiger charge is -2.28. The minimum atomic E-state index is -0.493. The largest absolute Gasteiger partial charge is 0.370 e. The van der Waals surface area contributed by atoms with E-state index in [0.29, 0.717) is 17.6 Å². The van der Waals surface area contributed by atoms with Crippen molar-refractivity contribution in [3.63, 3.8) is 0 Å². The van der Waals surface area contributed by atoms with E-state index in [9.17, 15) is 9.18 Å². The second kappa shape index (κ2) is 7.64. The lowest BCUT2D eigenvalue weighted by molar-refractivity contribution is 0.0928. The van der Waals surface area contributed by atoms with Crippen molar-refractivity contribution in [3.8, 4) is 0 Å². The number of halogens is 1. The van der Waals surface area contributed by atoms with Crippen molar-refractivity contribution >= 4 is 23.5 Å². The van der Waals surface area contributed by atoms with Crippen LogP contribution in [-0.4, -0.2) is 35.0 Å². The van der Waals surface area contributed by atoms with E-state index in [1.54, 1.807) is 0 Å². The van der Waals surface area contributed by atoms with E-state index in [-0.39, 0.29) is 17.5 Å². The first kappa shape index (κ1) is 16.1. The zero-order chi connectivity index (χ0) is 15.2. The number of nitrogens with one attached hydrogen (secondary N) is 2. The minimum Gasteiger partial charge on any atom is -0.370 e. The van der Waals surface area contributed by atoms with Gasteiger partial charge in [-0.1, -0.05) is 0 Å². The zero-order valence-electron chi connectivity index (χ0n) is 12.5. The molecule has 0 bridgehead atoms. The Balaban J connectivity index is 2.01. The van der Waals surface area contributed by atoms with Gasteiger partial charge in [-0.3, -0.25) is 4.79 Å². The summed E-state index contributed by atoms with van der Waals surface area (Å²) in [5, 5.41) is 6.71. The molecule has 0 radical (unpaired) electrons. The third-order valence-electron chi connectivity index (χ3n) is 3.79. The Morgan fingerprint density at radius 2 is 2.14 bits per heavy atom. The van der Waals surface area contributed by atoms with Crippen molar-refractivity contribution in [2.75, 3.05) is 18.1 Å². The van der Waals surface area contributed by atoms with Crippen LogP contribution in [-0.2, 0) is 0 Å².